The molecule has 0 spiro atoms. The van der Waals surface area contributed by atoms with E-state index in [9.17, 15) is 9.59 Å². The Bertz CT molecular complexity index is 950. The number of carbonyl (C=O) groups is 2. The van der Waals surface area contributed by atoms with E-state index >= 15 is 0 Å². The maximum atomic E-state index is 11.9. The maximum absolute atomic E-state index is 11.9. The molecule has 0 heterocycles. The lowest BCUT2D eigenvalue weighted by atomic mass is 9.82. The number of esters is 1. The van der Waals surface area contributed by atoms with Gasteiger partial charge in [-0.2, -0.15) is 0 Å². The van der Waals surface area contributed by atoms with Crippen molar-refractivity contribution in [1.82, 2.24) is 0 Å². The third kappa shape index (κ3) is 7.62. The average Bonchev–Trinajstić information content (AvgIpc) is 2.86. The summed E-state index contributed by atoms with van der Waals surface area (Å²) in [5.74, 6) is 1.85. The minimum absolute atomic E-state index is 0.0205. The Morgan fingerprint density at radius 1 is 0.943 bits per heavy atom. The van der Waals surface area contributed by atoms with Gasteiger partial charge in [0.2, 0.25) is 0 Å². The Hall–Kier alpha value is -3.26. The molecular formula is C27H34O8. The first-order valence-corrected chi connectivity index (χ1v) is 11.9. The van der Waals surface area contributed by atoms with Crippen LogP contribution in [0.25, 0.3) is 0 Å². The van der Waals surface area contributed by atoms with Crippen LogP contribution in [-0.4, -0.2) is 52.4 Å². The van der Waals surface area contributed by atoms with Gasteiger partial charge in [-0.1, -0.05) is 25.5 Å². The SMILES string of the molecule is CCCCOC(=O)C1CC(OCCOc2cc(OCc3ccc(OC)cc3)c(OC)cc2C=O)C1. The second-order valence-electron chi connectivity index (χ2n) is 8.33. The number of unbranched alkanes of at least 4 members (excludes halogenated alkanes) is 1. The Balaban J connectivity index is 1.48. The van der Waals surface area contributed by atoms with Crippen molar-refractivity contribution in [2.45, 2.75) is 45.3 Å². The molecule has 0 atom stereocenters. The smallest absolute Gasteiger partial charge is 0.309 e. The predicted octanol–water partition coefficient (Wildman–Crippen LogP) is 4.61. The zero-order valence-corrected chi connectivity index (χ0v) is 20.6. The number of hydrogen-bond acceptors (Lipinski definition) is 8. The molecule has 0 radical (unpaired) electrons. The summed E-state index contributed by atoms with van der Waals surface area (Å²) in [5, 5.41) is 0. The van der Waals surface area contributed by atoms with E-state index < -0.39 is 0 Å². The van der Waals surface area contributed by atoms with Gasteiger partial charge < -0.3 is 28.4 Å². The van der Waals surface area contributed by atoms with Crippen molar-refractivity contribution < 1.29 is 38.0 Å². The molecule has 1 fully saturated rings. The third-order valence-corrected chi connectivity index (χ3v) is 5.84. The largest absolute Gasteiger partial charge is 0.497 e. The van der Waals surface area contributed by atoms with Crippen LogP contribution < -0.4 is 18.9 Å². The number of aldehydes is 1. The van der Waals surface area contributed by atoms with E-state index in [4.69, 9.17) is 28.4 Å². The van der Waals surface area contributed by atoms with E-state index in [1.165, 1.54) is 7.11 Å². The minimum Gasteiger partial charge on any atom is -0.497 e. The molecule has 1 aliphatic rings. The van der Waals surface area contributed by atoms with Crippen molar-refractivity contribution >= 4 is 12.3 Å². The number of carbonyl (C=O) groups excluding carboxylic acids is 2. The topological polar surface area (TPSA) is 89.5 Å². The Kier molecular flexibility index (Phi) is 10.2. The highest BCUT2D eigenvalue weighted by atomic mass is 16.5. The Labute approximate surface area is 206 Å². The molecule has 8 heteroatoms. The zero-order valence-electron chi connectivity index (χ0n) is 20.6. The van der Waals surface area contributed by atoms with E-state index in [-0.39, 0.29) is 24.6 Å². The Morgan fingerprint density at radius 2 is 1.71 bits per heavy atom. The average molecular weight is 487 g/mol. The van der Waals surface area contributed by atoms with E-state index in [1.807, 2.05) is 24.3 Å². The number of ether oxygens (including phenoxy) is 6. The standard InChI is InChI=1S/C27H34O8/c1-4-5-10-34-27(29)20-13-23(14-20)32-11-12-33-24-16-26(25(31-3)15-21(24)17-28)35-18-19-6-8-22(30-2)9-7-19/h6-9,15-17,20,23H,4-5,10-14,18H2,1-3H3. The molecule has 3 rings (SSSR count). The zero-order chi connectivity index (χ0) is 25.0. The minimum atomic E-state index is -0.134. The van der Waals surface area contributed by atoms with Gasteiger partial charge >= 0.3 is 5.97 Å². The van der Waals surface area contributed by atoms with Crippen LogP contribution in [0.3, 0.4) is 0 Å². The first-order valence-electron chi connectivity index (χ1n) is 11.9. The Morgan fingerprint density at radius 3 is 2.37 bits per heavy atom. The normalized spacial score (nSPS) is 16.7. The highest BCUT2D eigenvalue weighted by molar-refractivity contribution is 5.81. The van der Waals surface area contributed by atoms with Gasteiger partial charge in [0, 0.05) is 6.07 Å². The van der Waals surface area contributed by atoms with Crippen LogP contribution in [0.4, 0.5) is 0 Å². The lowest BCUT2D eigenvalue weighted by molar-refractivity contribution is -0.158. The molecule has 0 bridgehead atoms. The number of hydrogen-bond donors (Lipinski definition) is 0. The van der Waals surface area contributed by atoms with Crippen molar-refractivity contribution in [1.29, 1.82) is 0 Å². The lowest BCUT2D eigenvalue weighted by Crippen LogP contribution is -2.38. The predicted molar refractivity (Wildman–Crippen MR) is 130 cm³/mol. The summed E-state index contributed by atoms with van der Waals surface area (Å²) < 4.78 is 33.3. The summed E-state index contributed by atoms with van der Waals surface area (Å²) in [6, 6.07) is 10.8. The number of benzene rings is 2. The quantitative estimate of drug-likeness (QED) is 0.205. The highest BCUT2D eigenvalue weighted by Gasteiger charge is 2.36. The fraction of sp³-hybridized carbons (Fsp3) is 0.481. The van der Waals surface area contributed by atoms with Gasteiger partial charge in [0.1, 0.15) is 24.7 Å². The molecule has 1 saturated carbocycles. The van der Waals surface area contributed by atoms with E-state index in [2.05, 4.69) is 6.92 Å². The molecule has 0 N–H and O–H groups in total. The van der Waals surface area contributed by atoms with Crippen molar-refractivity contribution in [3.05, 3.63) is 47.5 Å². The summed E-state index contributed by atoms with van der Waals surface area (Å²) in [6.45, 7) is 3.45. The van der Waals surface area contributed by atoms with Gasteiger partial charge in [-0.15, -0.1) is 0 Å². The van der Waals surface area contributed by atoms with Crippen molar-refractivity contribution in [3.63, 3.8) is 0 Å². The molecule has 2 aromatic rings. The van der Waals surface area contributed by atoms with Crippen molar-refractivity contribution in [3.8, 4) is 23.0 Å². The third-order valence-electron chi connectivity index (χ3n) is 5.84. The molecule has 0 unspecified atom stereocenters. The first-order chi connectivity index (χ1) is 17.1. The number of methoxy groups -OCH3 is 2. The summed E-state index contributed by atoms with van der Waals surface area (Å²) in [6.07, 6.45) is 3.95. The lowest BCUT2D eigenvalue weighted by Gasteiger charge is -2.33. The van der Waals surface area contributed by atoms with Crippen molar-refractivity contribution in [2.75, 3.05) is 34.0 Å². The van der Waals surface area contributed by atoms with Gasteiger partial charge in [-0.3, -0.25) is 9.59 Å². The molecule has 0 aromatic heterocycles. The van der Waals surface area contributed by atoms with E-state index in [0.29, 0.717) is 61.8 Å². The van der Waals surface area contributed by atoms with Gasteiger partial charge in [-0.25, -0.2) is 0 Å². The van der Waals surface area contributed by atoms with Crippen LogP contribution in [0.5, 0.6) is 23.0 Å². The maximum Gasteiger partial charge on any atom is 0.309 e. The van der Waals surface area contributed by atoms with Crippen LogP contribution in [0.1, 0.15) is 48.5 Å². The molecule has 190 valence electrons. The van der Waals surface area contributed by atoms with Gasteiger partial charge in [0.15, 0.2) is 17.8 Å². The monoisotopic (exact) mass is 486 g/mol. The fourth-order valence-electron chi connectivity index (χ4n) is 3.62. The molecule has 35 heavy (non-hydrogen) atoms. The van der Waals surface area contributed by atoms with Gasteiger partial charge in [-0.05, 0) is 43.0 Å². The summed E-state index contributed by atoms with van der Waals surface area (Å²) >= 11 is 0. The van der Waals surface area contributed by atoms with E-state index in [1.54, 1.807) is 19.2 Å². The molecule has 2 aromatic carbocycles. The van der Waals surface area contributed by atoms with Crippen LogP contribution in [0, 0.1) is 5.92 Å². The molecule has 0 saturated heterocycles. The van der Waals surface area contributed by atoms with Crippen LogP contribution >= 0.6 is 0 Å². The highest BCUT2D eigenvalue weighted by Crippen LogP contribution is 2.35. The molecule has 1 aliphatic carbocycles. The fourth-order valence-corrected chi connectivity index (χ4v) is 3.62. The summed E-state index contributed by atoms with van der Waals surface area (Å²) in [7, 11) is 3.13. The molecular weight excluding hydrogens is 452 g/mol. The second-order valence-corrected chi connectivity index (χ2v) is 8.33. The molecule has 0 amide bonds. The molecule has 8 nitrogen and oxygen atoms in total. The molecule has 0 aliphatic heterocycles. The number of rotatable bonds is 15. The van der Waals surface area contributed by atoms with Crippen molar-refractivity contribution in [2.24, 2.45) is 5.92 Å². The van der Waals surface area contributed by atoms with Crippen LogP contribution in [0.2, 0.25) is 0 Å². The summed E-state index contributed by atoms with van der Waals surface area (Å²) in [5.41, 5.74) is 1.31. The summed E-state index contributed by atoms with van der Waals surface area (Å²) in [4.78, 5) is 23.5. The van der Waals surface area contributed by atoms with Gasteiger partial charge in [0.05, 0.1) is 45.0 Å². The van der Waals surface area contributed by atoms with Gasteiger partial charge in [0.25, 0.3) is 0 Å². The van der Waals surface area contributed by atoms with Crippen LogP contribution in [0.15, 0.2) is 36.4 Å². The first kappa shape index (κ1) is 26.3. The van der Waals surface area contributed by atoms with Crippen LogP contribution in [-0.2, 0) is 20.9 Å². The van der Waals surface area contributed by atoms with E-state index in [0.717, 1.165) is 24.2 Å². The second kappa shape index (κ2) is 13.6.